The van der Waals surface area contributed by atoms with Crippen LogP contribution in [0.25, 0.3) is 0 Å². The lowest BCUT2D eigenvalue weighted by atomic mass is 9.99. The second-order valence-corrected chi connectivity index (χ2v) is 8.24. The highest BCUT2D eigenvalue weighted by atomic mass is 16.5. The number of H-pyrrole nitrogens is 1. The third-order valence-corrected chi connectivity index (χ3v) is 6.33. The number of rotatable bonds is 4. The van der Waals surface area contributed by atoms with Crippen LogP contribution in [0.3, 0.4) is 0 Å². The predicted octanol–water partition coefficient (Wildman–Crippen LogP) is 1.02. The maximum Gasteiger partial charge on any atom is 0.269 e. The topological polar surface area (TPSA) is 90.6 Å². The molecule has 8 nitrogen and oxygen atoms in total. The van der Waals surface area contributed by atoms with Crippen LogP contribution in [0.15, 0.2) is 12.3 Å². The zero-order valence-electron chi connectivity index (χ0n) is 16.4. The summed E-state index contributed by atoms with van der Waals surface area (Å²) in [6.45, 7) is 4.91. The van der Waals surface area contributed by atoms with Gasteiger partial charge < -0.3 is 15.0 Å². The SMILES string of the molecule is O=C(N[C@H]1CC[C@@H](C(=O)N2CCCC2)CN(C2CCOCC2)C1)c1ccn[nH]1. The van der Waals surface area contributed by atoms with Crippen molar-refractivity contribution < 1.29 is 14.3 Å². The van der Waals surface area contributed by atoms with E-state index in [2.05, 4.69) is 20.4 Å². The van der Waals surface area contributed by atoms with Crippen molar-refractivity contribution in [3.63, 3.8) is 0 Å². The molecule has 1 aromatic heterocycles. The minimum Gasteiger partial charge on any atom is -0.381 e. The summed E-state index contributed by atoms with van der Waals surface area (Å²) in [6.07, 6.45) is 7.45. The first kappa shape index (κ1) is 19.4. The van der Waals surface area contributed by atoms with Crippen molar-refractivity contribution in [2.45, 2.75) is 50.6 Å². The lowest BCUT2D eigenvalue weighted by molar-refractivity contribution is -0.135. The van der Waals surface area contributed by atoms with E-state index in [1.165, 1.54) is 0 Å². The molecule has 0 bridgehead atoms. The molecule has 8 heteroatoms. The van der Waals surface area contributed by atoms with Crippen LogP contribution in [-0.2, 0) is 9.53 Å². The van der Waals surface area contributed by atoms with Gasteiger partial charge >= 0.3 is 0 Å². The third kappa shape index (κ3) is 4.55. The van der Waals surface area contributed by atoms with E-state index in [0.717, 1.165) is 77.9 Å². The first-order valence-corrected chi connectivity index (χ1v) is 10.6. The zero-order valence-corrected chi connectivity index (χ0v) is 16.4. The molecule has 0 radical (unpaired) electrons. The van der Waals surface area contributed by atoms with Gasteiger partial charge in [-0.1, -0.05) is 0 Å². The molecule has 3 aliphatic heterocycles. The predicted molar refractivity (Wildman–Crippen MR) is 104 cm³/mol. The Morgan fingerprint density at radius 2 is 1.89 bits per heavy atom. The van der Waals surface area contributed by atoms with Gasteiger partial charge in [0.2, 0.25) is 5.91 Å². The van der Waals surface area contributed by atoms with Crippen LogP contribution >= 0.6 is 0 Å². The molecule has 0 saturated carbocycles. The van der Waals surface area contributed by atoms with Crippen LogP contribution in [0.1, 0.15) is 49.0 Å². The van der Waals surface area contributed by atoms with Crippen molar-refractivity contribution in [3.8, 4) is 0 Å². The lowest BCUT2D eigenvalue weighted by Crippen LogP contribution is -2.49. The van der Waals surface area contributed by atoms with Crippen LogP contribution in [0.5, 0.6) is 0 Å². The average Bonchev–Trinajstić information content (AvgIpc) is 3.41. The Bertz CT molecular complexity index is 653. The Hall–Kier alpha value is -1.93. The quantitative estimate of drug-likeness (QED) is 0.802. The number of nitrogens with zero attached hydrogens (tertiary/aromatic N) is 3. The molecule has 154 valence electrons. The number of likely N-dealkylation sites (tertiary alicyclic amines) is 2. The molecule has 2 N–H and O–H groups in total. The van der Waals surface area contributed by atoms with Gasteiger partial charge in [0.05, 0.1) is 5.92 Å². The van der Waals surface area contributed by atoms with Crippen molar-refractivity contribution in [1.82, 2.24) is 25.3 Å². The summed E-state index contributed by atoms with van der Waals surface area (Å²) in [5.41, 5.74) is 0.478. The molecular weight excluding hydrogens is 358 g/mol. The van der Waals surface area contributed by atoms with Crippen LogP contribution in [0, 0.1) is 5.92 Å². The number of carbonyl (C=O) groups excluding carboxylic acids is 2. The van der Waals surface area contributed by atoms with Gasteiger partial charge in [-0.05, 0) is 44.6 Å². The largest absolute Gasteiger partial charge is 0.381 e. The maximum absolute atomic E-state index is 13.1. The number of nitrogens with one attached hydrogen (secondary N) is 2. The molecule has 0 spiro atoms. The van der Waals surface area contributed by atoms with Gasteiger partial charge in [0.15, 0.2) is 0 Å². The van der Waals surface area contributed by atoms with Crippen molar-refractivity contribution >= 4 is 11.8 Å². The Balaban J connectivity index is 1.45. The number of aromatic nitrogens is 2. The minimum atomic E-state index is -0.126. The summed E-state index contributed by atoms with van der Waals surface area (Å²) in [5, 5.41) is 9.74. The molecule has 0 aliphatic carbocycles. The second-order valence-electron chi connectivity index (χ2n) is 8.24. The number of carbonyl (C=O) groups is 2. The van der Waals surface area contributed by atoms with Gasteiger partial charge in [-0.3, -0.25) is 19.6 Å². The van der Waals surface area contributed by atoms with E-state index in [1.54, 1.807) is 12.3 Å². The summed E-state index contributed by atoms with van der Waals surface area (Å²) in [4.78, 5) is 30.0. The fourth-order valence-electron chi connectivity index (χ4n) is 4.73. The molecule has 3 saturated heterocycles. The molecule has 3 fully saturated rings. The van der Waals surface area contributed by atoms with E-state index in [-0.39, 0.29) is 17.9 Å². The van der Waals surface area contributed by atoms with Crippen LogP contribution in [-0.4, -0.2) is 83.3 Å². The van der Waals surface area contributed by atoms with Gasteiger partial charge in [0.25, 0.3) is 5.91 Å². The number of ether oxygens (including phenoxy) is 1. The molecule has 2 atom stereocenters. The number of aromatic amines is 1. The van der Waals surface area contributed by atoms with Gasteiger partial charge in [0, 0.05) is 57.7 Å². The normalized spacial score (nSPS) is 27.5. The van der Waals surface area contributed by atoms with Gasteiger partial charge in [-0.2, -0.15) is 5.10 Å². The van der Waals surface area contributed by atoms with Gasteiger partial charge in [0.1, 0.15) is 5.69 Å². The Morgan fingerprint density at radius 1 is 1.11 bits per heavy atom. The molecule has 2 amide bonds. The van der Waals surface area contributed by atoms with E-state index in [1.807, 2.05) is 4.90 Å². The van der Waals surface area contributed by atoms with E-state index < -0.39 is 0 Å². The highest BCUT2D eigenvalue weighted by molar-refractivity contribution is 5.92. The van der Waals surface area contributed by atoms with Crippen LogP contribution < -0.4 is 5.32 Å². The van der Waals surface area contributed by atoms with E-state index in [9.17, 15) is 9.59 Å². The van der Waals surface area contributed by atoms with Crippen LogP contribution in [0.2, 0.25) is 0 Å². The number of amides is 2. The summed E-state index contributed by atoms with van der Waals surface area (Å²) >= 11 is 0. The fourth-order valence-corrected chi connectivity index (χ4v) is 4.73. The van der Waals surface area contributed by atoms with Gasteiger partial charge in [-0.15, -0.1) is 0 Å². The first-order chi connectivity index (χ1) is 13.7. The van der Waals surface area contributed by atoms with Crippen molar-refractivity contribution in [1.29, 1.82) is 0 Å². The Morgan fingerprint density at radius 3 is 2.61 bits per heavy atom. The molecule has 4 heterocycles. The first-order valence-electron chi connectivity index (χ1n) is 10.6. The minimum absolute atomic E-state index is 0.0231. The Kier molecular flexibility index (Phi) is 6.26. The summed E-state index contributed by atoms with van der Waals surface area (Å²) < 4.78 is 5.54. The van der Waals surface area contributed by atoms with Crippen molar-refractivity contribution in [3.05, 3.63) is 18.0 Å². The second kappa shape index (κ2) is 9.05. The molecule has 28 heavy (non-hydrogen) atoms. The average molecular weight is 390 g/mol. The number of hydrogen-bond acceptors (Lipinski definition) is 5. The van der Waals surface area contributed by atoms with Crippen molar-refractivity contribution in [2.24, 2.45) is 5.92 Å². The molecule has 0 unspecified atom stereocenters. The smallest absolute Gasteiger partial charge is 0.269 e. The zero-order chi connectivity index (χ0) is 19.3. The highest BCUT2D eigenvalue weighted by Crippen LogP contribution is 2.25. The summed E-state index contributed by atoms with van der Waals surface area (Å²) in [5.74, 6) is 0.198. The van der Waals surface area contributed by atoms with Crippen molar-refractivity contribution in [2.75, 3.05) is 39.4 Å². The van der Waals surface area contributed by atoms with E-state index >= 15 is 0 Å². The highest BCUT2D eigenvalue weighted by Gasteiger charge is 2.35. The van der Waals surface area contributed by atoms with E-state index in [0.29, 0.717) is 17.6 Å². The van der Waals surface area contributed by atoms with Crippen LogP contribution in [0.4, 0.5) is 0 Å². The molecule has 0 aromatic carbocycles. The molecular formula is C20H31N5O3. The third-order valence-electron chi connectivity index (χ3n) is 6.33. The molecule has 1 aromatic rings. The van der Waals surface area contributed by atoms with Gasteiger partial charge in [-0.25, -0.2) is 0 Å². The number of hydrogen-bond donors (Lipinski definition) is 2. The van der Waals surface area contributed by atoms with E-state index in [4.69, 9.17) is 4.74 Å². The Labute approximate surface area is 166 Å². The fraction of sp³-hybridized carbons (Fsp3) is 0.750. The maximum atomic E-state index is 13.1. The lowest BCUT2D eigenvalue weighted by Gasteiger charge is -2.36. The summed E-state index contributed by atoms with van der Waals surface area (Å²) in [7, 11) is 0. The molecule has 4 rings (SSSR count). The summed E-state index contributed by atoms with van der Waals surface area (Å²) in [6, 6.07) is 2.14. The monoisotopic (exact) mass is 389 g/mol. The standard InChI is InChI=1S/C20H31N5O3/c26-19(18-5-8-21-23-18)22-16-4-3-15(20(27)24-9-1-2-10-24)13-25(14-16)17-6-11-28-12-7-17/h5,8,15-17H,1-4,6-7,9-14H2,(H,21,23)(H,22,26)/t15-,16+/m1/s1. The molecule has 3 aliphatic rings.